The fourth-order valence-corrected chi connectivity index (χ4v) is 1.52. The standard InChI is InChI=1S/C10H12ClN7O/c1-3-13-9-14-8(11)15-10(16-9)18-5-4-6(17-18)7(19)12-2/h4-5H,3H2,1-2H3,(H,12,19)(H,13,14,15,16). The SMILES string of the molecule is CCNc1nc(Cl)nc(-n2ccc(C(=O)NC)n2)n1. The van der Waals surface area contributed by atoms with E-state index >= 15 is 0 Å². The Bertz CT molecular complexity index is 597. The van der Waals surface area contributed by atoms with Crippen LogP contribution in [0.4, 0.5) is 5.95 Å². The molecule has 2 rings (SSSR count). The topological polar surface area (TPSA) is 97.6 Å². The van der Waals surface area contributed by atoms with Crippen LogP contribution in [0.25, 0.3) is 5.95 Å². The van der Waals surface area contributed by atoms with E-state index in [0.29, 0.717) is 12.5 Å². The third-order valence-corrected chi connectivity index (χ3v) is 2.35. The largest absolute Gasteiger partial charge is 0.354 e. The molecule has 0 unspecified atom stereocenters. The van der Waals surface area contributed by atoms with Crippen LogP contribution in [0, 0.1) is 0 Å². The second-order valence-corrected chi connectivity index (χ2v) is 3.82. The summed E-state index contributed by atoms with van der Waals surface area (Å²) in [7, 11) is 1.53. The van der Waals surface area contributed by atoms with Crippen molar-refractivity contribution in [2.75, 3.05) is 18.9 Å². The number of anilines is 1. The zero-order valence-corrected chi connectivity index (χ0v) is 11.1. The highest BCUT2D eigenvalue weighted by molar-refractivity contribution is 6.28. The Hall–Kier alpha value is -2.22. The van der Waals surface area contributed by atoms with Crippen molar-refractivity contribution in [1.82, 2.24) is 30.0 Å². The molecular formula is C10H12ClN7O. The molecule has 0 aromatic carbocycles. The van der Waals surface area contributed by atoms with E-state index in [1.807, 2.05) is 6.92 Å². The number of hydrogen-bond acceptors (Lipinski definition) is 6. The van der Waals surface area contributed by atoms with Gasteiger partial charge in [0.05, 0.1) is 0 Å². The lowest BCUT2D eigenvalue weighted by Gasteiger charge is -2.04. The summed E-state index contributed by atoms with van der Waals surface area (Å²) in [4.78, 5) is 23.4. The van der Waals surface area contributed by atoms with Gasteiger partial charge in [0, 0.05) is 19.8 Å². The molecule has 8 nitrogen and oxygen atoms in total. The van der Waals surface area contributed by atoms with E-state index in [2.05, 4.69) is 30.7 Å². The zero-order valence-electron chi connectivity index (χ0n) is 10.4. The number of rotatable bonds is 4. The van der Waals surface area contributed by atoms with E-state index in [4.69, 9.17) is 11.6 Å². The number of carbonyl (C=O) groups is 1. The highest BCUT2D eigenvalue weighted by Gasteiger charge is 2.11. The number of nitrogens with zero attached hydrogens (tertiary/aromatic N) is 5. The molecule has 0 atom stereocenters. The molecule has 0 aliphatic rings. The van der Waals surface area contributed by atoms with Gasteiger partial charge in [0.25, 0.3) is 11.9 Å². The lowest BCUT2D eigenvalue weighted by Crippen LogP contribution is -2.18. The number of nitrogens with one attached hydrogen (secondary N) is 2. The summed E-state index contributed by atoms with van der Waals surface area (Å²) in [6.07, 6.45) is 1.58. The van der Waals surface area contributed by atoms with Crippen molar-refractivity contribution in [1.29, 1.82) is 0 Å². The van der Waals surface area contributed by atoms with Gasteiger partial charge in [0.15, 0.2) is 5.69 Å². The molecule has 0 aliphatic heterocycles. The average Bonchev–Trinajstić information content (AvgIpc) is 2.87. The molecule has 1 amide bonds. The van der Waals surface area contributed by atoms with Gasteiger partial charge in [0.2, 0.25) is 11.2 Å². The molecule has 100 valence electrons. The van der Waals surface area contributed by atoms with Crippen LogP contribution in [0.2, 0.25) is 5.28 Å². The smallest absolute Gasteiger partial charge is 0.271 e. The van der Waals surface area contributed by atoms with Gasteiger partial charge in [0.1, 0.15) is 0 Å². The van der Waals surface area contributed by atoms with Gasteiger partial charge in [-0.3, -0.25) is 4.79 Å². The van der Waals surface area contributed by atoms with E-state index in [0.717, 1.165) is 0 Å². The molecule has 19 heavy (non-hydrogen) atoms. The minimum atomic E-state index is -0.286. The Labute approximate surface area is 114 Å². The molecule has 9 heteroatoms. The Kier molecular flexibility index (Phi) is 3.91. The summed E-state index contributed by atoms with van der Waals surface area (Å²) >= 11 is 5.81. The maximum absolute atomic E-state index is 11.4. The van der Waals surface area contributed by atoms with Crippen molar-refractivity contribution in [3.05, 3.63) is 23.2 Å². The van der Waals surface area contributed by atoms with Crippen molar-refractivity contribution in [2.24, 2.45) is 0 Å². The van der Waals surface area contributed by atoms with Crippen LogP contribution in [0.5, 0.6) is 0 Å². The molecule has 0 fully saturated rings. The molecule has 0 bridgehead atoms. The summed E-state index contributed by atoms with van der Waals surface area (Å²) < 4.78 is 1.36. The number of carbonyl (C=O) groups excluding carboxylic acids is 1. The molecule has 0 spiro atoms. The lowest BCUT2D eigenvalue weighted by atomic mass is 10.4. The number of hydrogen-bond donors (Lipinski definition) is 2. The molecule has 0 aliphatic carbocycles. The first-order chi connectivity index (χ1) is 9.13. The lowest BCUT2D eigenvalue weighted by molar-refractivity contribution is 0.0957. The van der Waals surface area contributed by atoms with E-state index < -0.39 is 0 Å². The van der Waals surface area contributed by atoms with E-state index in [1.165, 1.54) is 11.7 Å². The number of aromatic nitrogens is 5. The predicted octanol–water partition coefficient (Wildman–Crippen LogP) is 0.502. The minimum absolute atomic E-state index is 0.0537. The molecule has 2 aromatic rings. The van der Waals surface area contributed by atoms with Crippen LogP contribution in [0.3, 0.4) is 0 Å². The maximum Gasteiger partial charge on any atom is 0.271 e. The molecule has 0 saturated carbocycles. The highest BCUT2D eigenvalue weighted by atomic mass is 35.5. The van der Waals surface area contributed by atoms with Gasteiger partial charge in [-0.15, -0.1) is 0 Å². The third kappa shape index (κ3) is 2.97. The Morgan fingerprint density at radius 2 is 2.21 bits per heavy atom. The second kappa shape index (κ2) is 5.61. The van der Waals surface area contributed by atoms with Crippen LogP contribution >= 0.6 is 11.6 Å². The maximum atomic E-state index is 11.4. The van der Waals surface area contributed by atoms with Crippen molar-refractivity contribution in [3.8, 4) is 5.95 Å². The quantitative estimate of drug-likeness (QED) is 0.847. The number of amides is 1. The van der Waals surface area contributed by atoms with Gasteiger partial charge >= 0.3 is 0 Å². The first kappa shape index (κ1) is 13.2. The highest BCUT2D eigenvalue weighted by Crippen LogP contribution is 2.09. The van der Waals surface area contributed by atoms with Gasteiger partial charge in [-0.05, 0) is 24.6 Å². The zero-order chi connectivity index (χ0) is 13.8. The van der Waals surface area contributed by atoms with Crippen LogP contribution in [-0.4, -0.2) is 44.2 Å². The van der Waals surface area contributed by atoms with Gasteiger partial charge in [-0.2, -0.15) is 20.1 Å². The van der Waals surface area contributed by atoms with Crippen LogP contribution in [0.15, 0.2) is 12.3 Å². The van der Waals surface area contributed by atoms with E-state index in [1.54, 1.807) is 12.3 Å². The molecule has 2 heterocycles. The Morgan fingerprint density at radius 1 is 1.42 bits per heavy atom. The van der Waals surface area contributed by atoms with Gasteiger partial charge in [-0.1, -0.05) is 0 Å². The Morgan fingerprint density at radius 3 is 2.89 bits per heavy atom. The van der Waals surface area contributed by atoms with Gasteiger partial charge in [-0.25, -0.2) is 4.68 Å². The van der Waals surface area contributed by atoms with Gasteiger partial charge < -0.3 is 10.6 Å². The number of halogens is 1. The predicted molar refractivity (Wildman–Crippen MR) is 69.5 cm³/mol. The van der Waals surface area contributed by atoms with E-state index in [-0.39, 0.29) is 22.8 Å². The van der Waals surface area contributed by atoms with E-state index in [9.17, 15) is 4.79 Å². The average molecular weight is 282 g/mol. The molecule has 0 radical (unpaired) electrons. The second-order valence-electron chi connectivity index (χ2n) is 3.48. The summed E-state index contributed by atoms with van der Waals surface area (Å²) in [5.41, 5.74) is 0.268. The summed E-state index contributed by atoms with van der Waals surface area (Å²) in [5.74, 6) is 0.311. The summed E-state index contributed by atoms with van der Waals surface area (Å²) in [6, 6.07) is 1.56. The Balaban J connectivity index is 2.35. The van der Waals surface area contributed by atoms with Crippen LogP contribution in [-0.2, 0) is 0 Å². The monoisotopic (exact) mass is 281 g/mol. The molecule has 0 saturated heterocycles. The minimum Gasteiger partial charge on any atom is -0.354 e. The first-order valence-corrected chi connectivity index (χ1v) is 5.95. The van der Waals surface area contributed by atoms with Crippen molar-refractivity contribution in [2.45, 2.75) is 6.92 Å². The fraction of sp³-hybridized carbons (Fsp3) is 0.300. The molecule has 2 aromatic heterocycles. The molecule has 2 N–H and O–H groups in total. The van der Waals surface area contributed by atoms with Crippen molar-refractivity contribution >= 4 is 23.5 Å². The third-order valence-electron chi connectivity index (χ3n) is 2.18. The molecular weight excluding hydrogens is 270 g/mol. The fourth-order valence-electron chi connectivity index (χ4n) is 1.36. The van der Waals surface area contributed by atoms with Crippen molar-refractivity contribution < 1.29 is 4.79 Å². The summed E-state index contributed by atoms with van der Waals surface area (Å²) in [6.45, 7) is 2.57. The van der Waals surface area contributed by atoms with Crippen LogP contribution in [0.1, 0.15) is 17.4 Å². The normalized spacial score (nSPS) is 10.3. The first-order valence-electron chi connectivity index (χ1n) is 5.57. The summed E-state index contributed by atoms with van der Waals surface area (Å²) in [5, 5.41) is 9.53. The van der Waals surface area contributed by atoms with Crippen LogP contribution < -0.4 is 10.6 Å². The van der Waals surface area contributed by atoms with Crippen molar-refractivity contribution in [3.63, 3.8) is 0 Å².